The molecule has 0 aromatic heterocycles. The minimum Gasteiger partial charge on any atom is -0.494 e. The van der Waals surface area contributed by atoms with E-state index in [-0.39, 0.29) is 11.9 Å². The number of nitrogens with zero attached hydrogens (tertiary/aromatic N) is 3. The Labute approximate surface area is 182 Å². The molecule has 1 amide bonds. The molecule has 158 valence electrons. The largest absolute Gasteiger partial charge is 0.494 e. The molecule has 2 heterocycles. The molecule has 30 heavy (non-hydrogen) atoms. The van der Waals surface area contributed by atoms with Crippen molar-refractivity contribution in [1.82, 2.24) is 9.91 Å². The fourth-order valence-corrected chi connectivity index (χ4v) is 4.08. The number of benzene rings is 2. The topological polar surface area (TPSA) is 54.4 Å². The number of amides is 1. The Bertz CT molecular complexity index is 910. The van der Waals surface area contributed by atoms with Crippen molar-refractivity contribution in [2.45, 2.75) is 19.4 Å². The van der Waals surface area contributed by atoms with E-state index in [1.165, 1.54) is 0 Å². The highest BCUT2D eigenvalue weighted by Gasteiger charge is 2.34. The Morgan fingerprint density at radius 3 is 2.60 bits per heavy atom. The Morgan fingerprint density at radius 1 is 1.17 bits per heavy atom. The summed E-state index contributed by atoms with van der Waals surface area (Å²) in [5, 5.41) is 7.00. The number of halogens is 1. The van der Waals surface area contributed by atoms with Crippen molar-refractivity contribution < 1.29 is 14.3 Å². The van der Waals surface area contributed by atoms with Crippen LogP contribution in [0.2, 0.25) is 5.02 Å². The fraction of sp³-hybridized carbons (Fsp3) is 0.391. The van der Waals surface area contributed by atoms with E-state index in [0.29, 0.717) is 37.8 Å². The Kier molecular flexibility index (Phi) is 6.67. The van der Waals surface area contributed by atoms with Crippen molar-refractivity contribution in [2.75, 3.05) is 39.5 Å². The zero-order chi connectivity index (χ0) is 20.9. The second-order valence-corrected chi connectivity index (χ2v) is 7.78. The minimum atomic E-state index is -0.166. The van der Waals surface area contributed by atoms with Crippen LogP contribution in [0.4, 0.5) is 0 Å². The summed E-state index contributed by atoms with van der Waals surface area (Å²) in [6.07, 6.45) is 0.618. The molecule has 2 aromatic rings. The lowest BCUT2D eigenvalue weighted by atomic mass is 9.98. The van der Waals surface area contributed by atoms with Crippen molar-refractivity contribution in [3.05, 3.63) is 64.7 Å². The van der Waals surface area contributed by atoms with Crippen LogP contribution >= 0.6 is 11.6 Å². The number of carbonyl (C=O) groups is 1. The minimum absolute atomic E-state index is 0.0159. The van der Waals surface area contributed by atoms with Gasteiger partial charge in [-0.3, -0.25) is 9.69 Å². The highest BCUT2D eigenvalue weighted by Crippen LogP contribution is 2.35. The van der Waals surface area contributed by atoms with Crippen molar-refractivity contribution >= 4 is 23.2 Å². The third-order valence-electron chi connectivity index (χ3n) is 5.39. The highest BCUT2D eigenvalue weighted by atomic mass is 35.5. The highest BCUT2D eigenvalue weighted by molar-refractivity contribution is 6.34. The summed E-state index contributed by atoms with van der Waals surface area (Å²) < 4.78 is 11.0. The van der Waals surface area contributed by atoms with Crippen molar-refractivity contribution in [1.29, 1.82) is 0 Å². The van der Waals surface area contributed by atoms with E-state index in [2.05, 4.69) is 4.90 Å². The predicted octanol–water partition coefficient (Wildman–Crippen LogP) is 3.75. The number of rotatable bonds is 6. The third-order valence-corrected chi connectivity index (χ3v) is 5.72. The summed E-state index contributed by atoms with van der Waals surface area (Å²) in [5.41, 5.74) is 2.73. The van der Waals surface area contributed by atoms with Crippen LogP contribution in [-0.2, 0) is 9.53 Å². The predicted molar refractivity (Wildman–Crippen MR) is 117 cm³/mol. The SMILES string of the molecule is CCOc1ccc(C2CC(c3ccccc3Cl)=NN2C(=O)CN2CCOCC2)cc1. The zero-order valence-electron chi connectivity index (χ0n) is 17.1. The van der Waals surface area contributed by atoms with E-state index in [0.717, 1.165) is 35.7 Å². The first-order chi connectivity index (χ1) is 14.7. The molecule has 1 fully saturated rings. The van der Waals surface area contributed by atoms with Gasteiger partial charge in [-0.2, -0.15) is 5.10 Å². The fourth-order valence-electron chi connectivity index (χ4n) is 3.83. The van der Waals surface area contributed by atoms with Gasteiger partial charge in [0.15, 0.2) is 0 Å². The maximum atomic E-state index is 13.2. The standard InChI is InChI=1S/C23H26ClN3O3/c1-2-30-18-9-7-17(8-10-18)22-15-21(19-5-3-4-6-20(19)24)25-27(22)23(28)16-26-11-13-29-14-12-26/h3-10,22H,2,11-16H2,1H3. The monoisotopic (exact) mass is 427 g/mol. The van der Waals surface area contributed by atoms with Gasteiger partial charge in [-0.25, -0.2) is 5.01 Å². The van der Waals surface area contributed by atoms with E-state index >= 15 is 0 Å². The van der Waals surface area contributed by atoms with E-state index < -0.39 is 0 Å². The summed E-state index contributed by atoms with van der Waals surface area (Å²) >= 11 is 6.41. The molecule has 2 aliphatic rings. The zero-order valence-corrected chi connectivity index (χ0v) is 17.8. The molecular weight excluding hydrogens is 402 g/mol. The van der Waals surface area contributed by atoms with E-state index in [1.807, 2.05) is 55.5 Å². The van der Waals surface area contributed by atoms with Crippen LogP contribution in [0.1, 0.15) is 30.5 Å². The first-order valence-electron chi connectivity index (χ1n) is 10.3. The van der Waals surface area contributed by atoms with Gasteiger partial charge < -0.3 is 9.47 Å². The van der Waals surface area contributed by atoms with Crippen LogP contribution in [0.25, 0.3) is 0 Å². The van der Waals surface area contributed by atoms with Gasteiger partial charge in [0.1, 0.15) is 5.75 Å². The molecule has 6 nitrogen and oxygen atoms in total. The molecule has 1 atom stereocenters. The van der Waals surface area contributed by atoms with Gasteiger partial charge in [0.25, 0.3) is 5.91 Å². The molecular formula is C23H26ClN3O3. The average Bonchev–Trinajstić information content (AvgIpc) is 3.21. The lowest BCUT2D eigenvalue weighted by molar-refractivity contribution is -0.135. The van der Waals surface area contributed by atoms with Crippen LogP contribution in [0.3, 0.4) is 0 Å². The number of hydrogen-bond acceptors (Lipinski definition) is 5. The molecule has 1 unspecified atom stereocenters. The summed E-state index contributed by atoms with van der Waals surface area (Å²) in [7, 11) is 0. The first-order valence-corrected chi connectivity index (χ1v) is 10.7. The van der Waals surface area contributed by atoms with Crippen LogP contribution in [0, 0.1) is 0 Å². The molecule has 2 aliphatic heterocycles. The molecule has 0 radical (unpaired) electrons. The number of hydrogen-bond donors (Lipinski definition) is 0. The van der Waals surface area contributed by atoms with Gasteiger partial charge in [-0.15, -0.1) is 0 Å². The average molecular weight is 428 g/mol. The molecule has 0 saturated carbocycles. The smallest absolute Gasteiger partial charge is 0.257 e. The van der Waals surface area contributed by atoms with E-state index in [1.54, 1.807) is 5.01 Å². The Morgan fingerprint density at radius 2 is 1.90 bits per heavy atom. The summed E-state index contributed by atoms with van der Waals surface area (Å²) in [4.78, 5) is 15.3. The van der Waals surface area contributed by atoms with Crippen molar-refractivity contribution in [2.24, 2.45) is 5.10 Å². The van der Waals surface area contributed by atoms with Gasteiger partial charge >= 0.3 is 0 Å². The maximum absolute atomic E-state index is 13.2. The maximum Gasteiger partial charge on any atom is 0.257 e. The van der Waals surface area contributed by atoms with Crippen LogP contribution in [0.15, 0.2) is 53.6 Å². The normalized spacial score (nSPS) is 19.6. The molecule has 7 heteroatoms. The quantitative estimate of drug-likeness (QED) is 0.704. The second-order valence-electron chi connectivity index (χ2n) is 7.38. The van der Waals surface area contributed by atoms with Gasteiger partial charge in [-0.1, -0.05) is 41.9 Å². The van der Waals surface area contributed by atoms with E-state index in [9.17, 15) is 4.79 Å². The van der Waals surface area contributed by atoms with Gasteiger partial charge in [0, 0.05) is 30.1 Å². The van der Waals surface area contributed by atoms with Gasteiger partial charge in [-0.05, 0) is 30.7 Å². The Balaban J connectivity index is 1.60. The number of carbonyl (C=O) groups excluding carboxylic acids is 1. The van der Waals surface area contributed by atoms with Crippen LogP contribution in [-0.4, -0.2) is 61.0 Å². The molecule has 0 aliphatic carbocycles. The molecule has 4 rings (SSSR count). The Hall–Kier alpha value is -2.41. The van der Waals surface area contributed by atoms with Crippen LogP contribution < -0.4 is 4.74 Å². The van der Waals surface area contributed by atoms with Gasteiger partial charge in [0.2, 0.25) is 0 Å². The summed E-state index contributed by atoms with van der Waals surface area (Å²) in [5.74, 6) is 0.801. The van der Waals surface area contributed by atoms with Crippen molar-refractivity contribution in [3.63, 3.8) is 0 Å². The summed E-state index contributed by atoms with van der Waals surface area (Å²) in [6.45, 7) is 5.74. The number of morpholine rings is 1. The lowest BCUT2D eigenvalue weighted by Crippen LogP contribution is -2.43. The molecule has 0 N–H and O–H groups in total. The van der Waals surface area contributed by atoms with E-state index in [4.69, 9.17) is 26.2 Å². The number of ether oxygens (including phenoxy) is 2. The lowest BCUT2D eigenvalue weighted by Gasteiger charge is -2.29. The molecule has 1 saturated heterocycles. The molecule has 2 aromatic carbocycles. The third kappa shape index (κ3) is 4.67. The van der Waals surface area contributed by atoms with Gasteiger partial charge in [0.05, 0.1) is 38.1 Å². The summed E-state index contributed by atoms with van der Waals surface area (Å²) in [6, 6.07) is 15.4. The van der Waals surface area contributed by atoms with Crippen molar-refractivity contribution in [3.8, 4) is 5.75 Å². The molecule has 0 spiro atoms. The van der Waals surface area contributed by atoms with Crippen LogP contribution in [0.5, 0.6) is 5.75 Å². The first kappa shape index (κ1) is 20.8. The number of hydrazone groups is 1. The second kappa shape index (κ2) is 9.60. The molecule has 0 bridgehead atoms.